The third-order valence-electron chi connectivity index (χ3n) is 3.46. The molecule has 6 nitrogen and oxygen atoms in total. The van der Waals surface area contributed by atoms with Crippen molar-refractivity contribution in [1.29, 1.82) is 0 Å². The van der Waals surface area contributed by atoms with Crippen LogP contribution in [0, 0.1) is 6.92 Å². The van der Waals surface area contributed by atoms with Crippen LogP contribution in [0.1, 0.15) is 29.4 Å². The second-order valence-electron chi connectivity index (χ2n) is 5.07. The van der Waals surface area contributed by atoms with Gasteiger partial charge in [0, 0.05) is 32.4 Å². The summed E-state index contributed by atoms with van der Waals surface area (Å²) in [6.07, 6.45) is 0.777. The lowest BCUT2D eigenvalue weighted by Gasteiger charge is -2.08. The molecule has 118 valence electrons. The number of benzene rings is 1. The van der Waals surface area contributed by atoms with Crippen LogP contribution in [0.3, 0.4) is 0 Å². The topological polar surface area (TPSA) is 73.2 Å². The minimum Gasteiger partial charge on any atom is -0.382 e. The van der Waals surface area contributed by atoms with Crippen LogP contribution in [0.15, 0.2) is 23.0 Å². The average molecular weight is 303 g/mol. The molecule has 0 unspecified atom stereocenters. The first kappa shape index (κ1) is 16.2. The van der Waals surface area contributed by atoms with Crippen molar-refractivity contribution in [2.75, 3.05) is 19.8 Å². The Labute approximate surface area is 129 Å². The van der Waals surface area contributed by atoms with Crippen molar-refractivity contribution in [2.45, 2.75) is 20.3 Å². The van der Waals surface area contributed by atoms with Gasteiger partial charge in [-0.3, -0.25) is 9.59 Å². The quantitative estimate of drug-likeness (QED) is 0.819. The molecule has 0 saturated carbocycles. The Morgan fingerprint density at radius 3 is 2.91 bits per heavy atom. The van der Waals surface area contributed by atoms with E-state index in [1.165, 1.54) is 0 Å². The van der Waals surface area contributed by atoms with E-state index in [2.05, 4.69) is 10.3 Å². The standard InChI is InChI=1S/C16H21N3O3/c1-4-22-9-5-8-17-15(20)12-6-7-14-13(10-12)18-11(2)16(21)19(14)3/h6-7,10H,4-5,8-9H2,1-3H3,(H,17,20). The number of aryl methyl sites for hydroxylation is 2. The highest BCUT2D eigenvalue weighted by atomic mass is 16.5. The molecule has 1 amide bonds. The molecule has 1 aromatic carbocycles. The van der Waals surface area contributed by atoms with Crippen molar-refractivity contribution in [3.05, 3.63) is 39.8 Å². The number of carbonyl (C=O) groups is 1. The second kappa shape index (κ2) is 7.17. The fourth-order valence-corrected chi connectivity index (χ4v) is 2.24. The number of nitrogens with zero attached hydrogens (tertiary/aromatic N) is 2. The number of fused-ring (bicyclic) bond motifs is 1. The molecule has 2 rings (SSSR count). The summed E-state index contributed by atoms with van der Waals surface area (Å²) < 4.78 is 6.77. The minimum atomic E-state index is -0.147. The zero-order chi connectivity index (χ0) is 16.1. The number of amides is 1. The fraction of sp³-hybridized carbons (Fsp3) is 0.438. The highest BCUT2D eigenvalue weighted by Crippen LogP contribution is 2.12. The van der Waals surface area contributed by atoms with Crippen LogP contribution in [0.2, 0.25) is 0 Å². The van der Waals surface area contributed by atoms with Gasteiger partial charge >= 0.3 is 0 Å². The van der Waals surface area contributed by atoms with E-state index in [1.807, 2.05) is 6.92 Å². The van der Waals surface area contributed by atoms with Crippen LogP contribution in [-0.4, -0.2) is 35.2 Å². The van der Waals surface area contributed by atoms with Crippen LogP contribution in [0.25, 0.3) is 11.0 Å². The van der Waals surface area contributed by atoms with Gasteiger partial charge in [0.2, 0.25) is 0 Å². The van der Waals surface area contributed by atoms with Crippen molar-refractivity contribution in [3.63, 3.8) is 0 Å². The van der Waals surface area contributed by atoms with Crippen molar-refractivity contribution in [3.8, 4) is 0 Å². The summed E-state index contributed by atoms with van der Waals surface area (Å²) in [4.78, 5) is 28.2. The largest absolute Gasteiger partial charge is 0.382 e. The molecule has 0 saturated heterocycles. The number of ether oxygens (including phenoxy) is 1. The highest BCUT2D eigenvalue weighted by molar-refractivity contribution is 5.97. The molecule has 0 spiro atoms. The van der Waals surface area contributed by atoms with Gasteiger partial charge in [-0.2, -0.15) is 0 Å². The molecule has 2 aromatic rings. The Hall–Kier alpha value is -2.21. The average Bonchev–Trinajstić information content (AvgIpc) is 2.52. The molecule has 0 aliphatic heterocycles. The summed E-state index contributed by atoms with van der Waals surface area (Å²) >= 11 is 0. The summed E-state index contributed by atoms with van der Waals surface area (Å²) in [6.45, 7) is 5.49. The molecule has 1 heterocycles. The Morgan fingerprint density at radius 2 is 2.18 bits per heavy atom. The number of carbonyl (C=O) groups excluding carboxylic acids is 1. The van der Waals surface area contributed by atoms with Gasteiger partial charge in [-0.05, 0) is 38.5 Å². The number of hydrogen-bond acceptors (Lipinski definition) is 4. The molecule has 0 aliphatic rings. The predicted molar refractivity (Wildman–Crippen MR) is 85.2 cm³/mol. The zero-order valence-electron chi connectivity index (χ0n) is 13.2. The van der Waals surface area contributed by atoms with Gasteiger partial charge in [0.1, 0.15) is 5.69 Å². The highest BCUT2D eigenvalue weighted by Gasteiger charge is 2.09. The van der Waals surface area contributed by atoms with Crippen molar-refractivity contribution in [2.24, 2.45) is 7.05 Å². The first-order chi connectivity index (χ1) is 10.5. The normalized spacial score (nSPS) is 10.9. The molecule has 0 aliphatic carbocycles. The maximum absolute atomic E-state index is 12.1. The third kappa shape index (κ3) is 3.51. The van der Waals surface area contributed by atoms with Crippen LogP contribution >= 0.6 is 0 Å². The Bertz CT molecular complexity index is 737. The maximum Gasteiger partial charge on any atom is 0.272 e. The van der Waals surface area contributed by atoms with Crippen molar-refractivity contribution in [1.82, 2.24) is 14.9 Å². The molecule has 22 heavy (non-hydrogen) atoms. The van der Waals surface area contributed by atoms with E-state index in [-0.39, 0.29) is 11.5 Å². The molecule has 0 bridgehead atoms. The number of aromatic nitrogens is 2. The van der Waals surface area contributed by atoms with Gasteiger partial charge in [-0.15, -0.1) is 0 Å². The summed E-state index contributed by atoms with van der Waals surface area (Å²) in [5, 5.41) is 2.85. The summed E-state index contributed by atoms with van der Waals surface area (Å²) in [5.74, 6) is -0.147. The van der Waals surface area contributed by atoms with Gasteiger partial charge in [0.05, 0.1) is 11.0 Å². The monoisotopic (exact) mass is 303 g/mol. The van der Waals surface area contributed by atoms with Crippen LogP contribution < -0.4 is 10.9 Å². The number of hydrogen-bond donors (Lipinski definition) is 1. The van der Waals surface area contributed by atoms with E-state index in [9.17, 15) is 9.59 Å². The molecule has 0 fully saturated rings. The van der Waals surface area contributed by atoms with Crippen LogP contribution in [0.4, 0.5) is 0 Å². The van der Waals surface area contributed by atoms with E-state index >= 15 is 0 Å². The smallest absolute Gasteiger partial charge is 0.272 e. The molecule has 1 N–H and O–H groups in total. The number of rotatable bonds is 6. The molecular formula is C16H21N3O3. The van der Waals surface area contributed by atoms with Crippen LogP contribution in [0.5, 0.6) is 0 Å². The van der Waals surface area contributed by atoms with E-state index in [0.717, 1.165) is 6.42 Å². The number of nitrogens with one attached hydrogen (secondary N) is 1. The van der Waals surface area contributed by atoms with Gasteiger partial charge < -0.3 is 14.6 Å². The lowest BCUT2D eigenvalue weighted by Crippen LogP contribution is -2.26. The first-order valence-electron chi connectivity index (χ1n) is 7.38. The van der Waals surface area contributed by atoms with Gasteiger partial charge in [0.25, 0.3) is 11.5 Å². The van der Waals surface area contributed by atoms with Gasteiger partial charge in [0.15, 0.2) is 0 Å². The molecule has 0 atom stereocenters. The van der Waals surface area contributed by atoms with E-state index in [4.69, 9.17) is 4.74 Å². The Balaban J connectivity index is 2.14. The predicted octanol–water partition coefficient (Wildman–Crippen LogP) is 1.40. The van der Waals surface area contributed by atoms with E-state index in [0.29, 0.717) is 42.0 Å². The van der Waals surface area contributed by atoms with Crippen molar-refractivity contribution >= 4 is 16.9 Å². The van der Waals surface area contributed by atoms with Gasteiger partial charge in [-0.25, -0.2) is 4.98 Å². The fourth-order valence-electron chi connectivity index (χ4n) is 2.24. The first-order valence-corrected chi connectivity index (χ1v) is 7.38. The maximum atomic E-state index is 12.1. The Kier molecular flexibility index (Phi) is 5.27. The van der Waals surface area contributed by atoms with Gasteiger partial charge in [-0.1, -0.05) is 0 Å². The van der Waals surface area contributed by atoms with E-state index in [1.54, 1.807) is 36.7 Å². The third-order valence-corrected chi connectivity index (χ3v) is 3.46. The lowest BCUT2D eigenvalue weighted by atomic mass is 10.1. The second-order valence-corrected chi connectivity index (χ2v) is 5.07. The molecule has 6 heteroatoms. The summed E-state index contributed by atoms with van der Waals surface area (Å²) in [6, 6.07) is 5.16. The van der Waals surface area contributed by atoms with Crippen LogP contribution in [-0.2, 0) is 11.8 Å². The lowest BCUT2D eigenvalue weighted by molar-refractivity contribution is 0.0944. The Morgan fingerprint density at radius 1 is 1.41 bits per heavy atom. The SMILES string of the molecule is CCOCCCNC(=O)c1ccc2c(c1)nc(C)c(=O)n2C. The van der Waals surface area contributed by atoms with E-state index < -0.39 is 0 Å². The minimum absolute atomic E-state index is 0.124. The van der Waals surface area contributed by atoms with Crippen molar-refractivity contribution < 1.29 is 9.53 Å². The summed E-state index contributed by atoms with van der Waals surface area (Å²) in [7, 11) is 1.70. The molecule has 1 aromatic heterocycles. The molecular weight excluding hydrogens is 282 g/mol. The zero-order valence-corrected chi connectivity index (χ0v) is 13.2. The summed E-state index contributed by atoms with van der Waals surface area (Å²) in [5.41, 5.74) is 2.18. The molecule has 0 radical (unpaired) electrons.